The molecular formula is C19H28OSi2. The summed E-state index contributed by atoms with van der Waals surface area (Å²) in [5.74, 6) is 1.12. The molecule has 118 valence electrons. The van der Waals surface area contributed by atoms with Crippen LogP contribution >= 0.6 is 0 Å². The van der Waals surface area contributed by atoms with Crippen molar-refractivity contribution in [3.63, 3.8) is 0 Å². The third-order valence-corrected chi connectivity index (χ3v) is 6.84. The van der Waals surface area contributed by atoms with Gasteiger partial charge in [-0.15, -0.1) is 0 Å². The van der Waals surface area contributed by atoms with Crippen LogP contribution < -0.4 is 9.92 Å². The van der Waals surface area contributed by atoms with Gasteiger partial charge in [0.15, 0.2) is 0 Å². The fourth-order valence-corrected chi connectivity index (χ4v) is 5.20. The first-order valence-electron chi connectivity index (χ1n) is 8.33. The normalized spacial score (nSPS) is 11.5. The number of unbranched alkanes of at least 4 members (excludes halogenated alkanes) is 2. The van der Waals surface area contributed by atoms with E-state index in [9.17, 15) is 0 Å². The van der Waals surface area contributed by atoms with Crippen molar-refractivity contribution in [3.8, 4) is 5.75 Å². The van der Waals surface area contributed by atoms with E-state index in [0.717, 1.165) is 12.4 Å². The Morgan fingerprint density at radius 3 is 2.36 bits per heavy atom. The van der Waals surface area contributed by atoms with Crippen LogP contribution in [-0.4, -0.2) is 24.2 Å². The number of fused-ring (bicyclic) bond motifs is 1. The molecule has 2 radical (unpaired) electrons. The van der Waals surface area contributed by atoms with Crippen LogP contribution in [0.4, 0.5) is 0 Å². The first-order valence-corrected chi connectivity index (χ1v) is 13.5. The molecule has 1 nitrogen and oxygen atoms in total. The molecule has 0 aliphatic heterocycles. The Labute approximate surface area is 138 Å². The van der Waals surface area contributed by atoms with E-state index in [1.807, 2.05) is 0 Å². The van der Waals surface area contributed by atoms with Crippen molar-refractivity contribution in [1.29, 1.82) is 0 Å². The maximum atomic E-state index is 6.15. The van der Waals surface area contributed by atoms with Crippen molar-refractivity contribution in [2.45, 2.75) is 51.5 Å². The molecular weight excluding hydrogens is 300 g/mol. The molecule has 0 atom stereocenters. The molecule has 0 aliphatic rings. The molecule has 0 saturated heterocycles. The Hall–Kier alpha value is -1.07. The summed E-state index contributed by atoms with van der Waals surface area (Å²) in [4.78, 5) is 0. The van der Waals surface area contributed by atoms with E-state index in [1.165, 1.54) is 41.3 Å². The monoisotopic (exact) mass is 328 g/mol. The molecule has 0 bridgehead atoms. The van der Waals surface area contributed by atoms with E-state index >= 15 is 0 Å². The van der Waals surface area contributed by atoms with Crippen LogP contribution in [0.3, 0.4) is 0 Å². The zero-order chi connectivity index (χ0) is 15.9. The Morgan fingerprint density at radius 1 is 0.864 bits per heavy atom. The van der Waals surface area contributed by atoms with Crippen LogP contribution in [0, 0.1) is 0 Å². The maximum Gasteiger partial charge on any atom is 0.118 e. The van der Waals surface area contributed by atoms with Crippen molar-refractivity contribution in [2.75, 3.05) is 6.61 Å². The van der Waals surface area contributed by atoms with Crippen LogP contribution in [0.2, 0.25) is 32.2 Å². The second-order valence-electron chi connectivity index (χ2n) is 6.53. The molecule has 0 aliphatic carbocycles. The first kappa shape index (κ1) is 17.3. The minimum atomic E-state index is -0.546. The van der Waals surface area contributed by atoms with Crippen LogP contribution in [0.5, 0.6) is 5.75 Å². The van der Waals surface area contributed by atoms with Gasteiger partial charge in [0, 0.05) is 8.80 Å². The smallest absolute Gasteiger partial charge is 0.118 e. The number of hydrogen-bond acceptors (Lipinski definition) is 1. The van der Waals surface area contributed by atoms with Gasteiger partial charge in [0.05, 0.1) is 15.4 Å². The summed E-state index contributed by atoms with van der Waals surface area (Å²) >= 11 is 0. The molecule has 3 heteroatoms. The molecule has 22 heavy (non-hydrogen) atoms. The van der Waals surface area contributed by atoms with Gasteiger partial charge in [-0.25, -0.2) is 0 Å². The maximum absolute atomic E-state index is 6.15. The predicted molar refractivity (Wildman–Crippen MR) is 103 cm³/mol. The van der Waals surface area contributed by atoms with Gasteiger partial charge >= 0.3 is 0 Å². The SMILES string of the molecule is C[Si](C)CCCCCOc1ccc2ccccc2c1[Si](C)C. The molecule has 2 aromatic carbocycles. The molecule has 0 aromatic heterocycles. The van der Waals surface area contributed by atoms with E-state index < -0.39 is 8.80 Å². The predicted octanol–water partition coefficient (Wildman–Crippen LogP) is 5.10. The first-order chi connectivity index (χ1) is 10.6. The zero-order valence-corrected chi connectivity index (χ0v) is 16.4. The average Bonchev–Trinajstić information content (AvgIpc) is 2.49. The van der Waals surface area contributed by atoms with E-state index in [-0.39, 0.29) is 8.80 Å². The molecule has 0 N–H and O–H groups in total. The summed E-state index contributed by atoms with van der Waals surface area (Å²) in [6, 6.07) is 14.5. The highest BCUT2D eigenvalue weighted by molar-refractivity contribution is 6.74. The zero-order valence-electron chi connectivity index (χ0n) is 14.4. The van der Waals surface area contributed by atoms with Crippen molar-refractivity contribution in [2.24, 2.45) is 0 Å². The minimum absolute atomic E-state index is 0.0519. The molecule has 0 unspecified atom stereocenters. The van der Waals surface area contributed by atoms with E-state index in [4.69, 9.17) is 4.74 Å². The third kappa shape index (κ3) is 4.72. The second-order valence-corrected chi connectivity index (χ2v) is 11.9. The number of benzene rings is 2. The van der Waals surface area contributed by atoms with Crippen LogP contribution in [-0.2, 0) is 0 Å². The van der Waals surface area contributed by atoms with Crippen molar-refractivity contribution < 1.29 is 4.74 Å². The second kappa shape index (κ2) is 8.54. The molecule has 0 saturated carbocycles. The van der Waals surface area contributed by atoms with Gasteiger partial charge in [0.2, 0.25) is 0 Å². The van der Waals surface area contributed by atoms with Gasteiger partial charge in [0.25, 0.3) is 0 Å². The highest BCUT2D eigenvalue weighted by atomic mass is 28.3. The fourth-order valence-electron chi connectivity index (χ4n) is 2.83. The fraction of sp³-hybridized carbons (Fsp3) is 0.474. The Bertz CT molecular complexity index is 593. The van der Waals surface area contributed by atoms with Gasteiger partial charge in [-0.2, -0.15) is 0 Å². The van der Waals surface area contributed by atoms with Crippen LogP contribution in [0.15, 0.2) is 36.4 Å². The Morgan fingerprint density at radius 2 is 1.64 bits per heavy atom. The van der Waals surface area contributed by atoms with Gasteiger partial charge in [-0.1, -0.05) is 75.4 Å². The van der Waals surface area contributed by atoms with Gasteiger partial charge in [-0.05, 0) is 28.4 Å². The van der Waals surface area contributed by atoms with E-state index in [0.29, 0.717) is 0 Å². The van der Waals surface area contributed by atoms with Gasteiger partial charge in [0.1, 0.15) is 5.75 Å². The molecule has 0 spiro atoms. The topological polar surface area (TPSA) is 9.23 Å². The van der Waals surface area contributed by atoms with Gasteiger partial charge < -0.3 is 4.74 Å². The molecule has 0 amide bonds. The van der Waals surface area contributed by atoms with E-state index in [1.54, 1.807) is 0 Å². The highest BCUT2D eigenvalue weighted by Crippen LogP contribution is 2.20. The number of ether oxygens (including phenoxy) is 1. The molecule has 0 heterocycles. The summed E-state index contributed by atoms with van der Waals surface area (Å²) in [7, 11) is -0.597. The minimum Gasteiger partial charge on any atom is -0.494 e. The summed E-state index contributed by atoms with van der Waals surface area (Å²) in [5.41, 5.74) is 0. The highest BCUT2D eigenvalue weighted by Gasteiger charge is 2.13. The lowest BCUT2D eigenvalue weighted by molar-refractivity contribution is 0.309. The molecule has 0 fully saturated rings. The standard InChI is InChI=1S/C19H28OSi2/c1-21(2)15-9-5-8-14-20-18-13-12-16-10-6-7-11-17(16)19(18)22(3)4/h6-7,10-13H,5,8-9,14-15H2,1-4H3. The van der Waals surface area contributed by atoms with Crippen molar-refractivity contribution in [3.05, 3.63) is 36.4 Å². The lowest BCUT2D eigenvalue weighted by atomic mass is 10.1. The van der Waals surface area contributed by atoms with Crippen molar-refractivity contribution >= 4 is 33.6 Å². The number of hydrogen-bond donors (Lipinski definition) is 0. The van der Waals surface area contributed by atoms with Crippen molar-refractivity contribution in [1.82, 2.24) is 0 Å². The number of rotatable bonds is 8. The van der Waals surface area contributed by atoms with Gasteiger partial charge in [-0.3, -0.25) is 0 Å². The van der Waals surface area contributed by atoms with E-state index in [2.05, 4.69) is 62.6 Å². The summed E-state index contributed by atoms with van der Waals surface area (Å²) < 4.78 is 6.15. The Kier molecular flexibility index (Phi) is 6.71. The largest absolute Gasteiger partial charge is 0.494 e. The summed E-state index contributed by atoms with van der Waals surface area (Å²) in [6.45, 7) is 10.4. The molecule has 2 aromatic rings. The average molecular weight is 329 g/mol. The quantitative estimate of drug-likeness (QED) is 0.483. The summed E-state index contributed by atoms with van der Waals surface area (Å²) in [6.07, 6.45) is 3.84. The molecule has 2 rings (SSSR count). The van der Waals surface area contributed by atoms with Crippen LogP contribution in [0.1, 0.15) is 19.3 Å². The lowest BCUT2D eigenvalue weighted by Crippen LogP contribution is -2.26. The summed E-state index contributed by atoms with van der Waals surface area (Å²) in [5, 5.41) is 4.16. The van der Waals surface area contributed by atoms with Crippen LogP contribution in [0.25, 0.3) is 10.8 Å². The Balaban J connectivity index is 2.00. The lowest BCUT2D eigenvalue weighted by Gasteiger charge is -2.16. The third-order valence-electron chi connectivity index (χ3n) is 3.97.